The summed E-state index contributed by atoms with van der Waals surface area (Å²) >= 11 is 0. The summed E-state index contributed by atoms with van der Waals surface area (Å²) < 4.78 is 13.1. The van der Waals surface area contributed by atoms with Crippen molar-refractivity contribution in [2.45, 2.75) is 0 Å². The molecule has 7 nitrogen and oxygen atoms in total. The number of carbonyl (C=O) groups excluding carboxylic acids is 1. The molecule has 1 heterocycles. The Morgan fingerprint density at radius 3 is 2.67 bits per heavy atom. The van der Waals surface area contributed by atoms with Gasteiger partial charge < -0.3 is 10.1 Å². The minimum Gasteiger partial charge on any atom is -0.507 e. The summed E-state index contributed by atoms with van der Waals surface area (Å²) in [6, 6.07) is 17.5. The standard InChI is InChI=1S/C22H15FN4O3/c23-15-8-5-14(6-9-15)18-11-19(26-22(30)25-18)21(29)27-24-12-17-16-4-2-1-3-13(16)7-10-20(17)28/h1-12,28H,(H,27,29)(H,25,26,30)/b24-12+. The van der Waals surface area contributed by atoms with Crippen LogP contribution in [0.3, 0.4) is 0 Å². The number of halogens is 1. The molecule has 0 aliphatic heterocycles. The molecule has 0 saturated carbocycles. The molecule has 0 bridgehead atoms. The molecule has 3 aromatic carbocycles. The van der Waals surface area contributed by atoms with Crippen molar-refractivity contribution in [1.82, 2.24) is 15.4 Å². The molecule has 1 amide bonds. The Bertz CT molecular complexity index is 1330. The molecule has 148 valence electrons. The lowest BCUT2D eigenvalue weighted by Gasteiger charge is -2.05. The molecule has 4 aromatic rings. The Morgan fingerprint density at radius 2 is 1.87 bits per heavy atom. The molecule has 1 aromatic heterocycles. The Kier molecular flexibility index (Phi) is 5.04. The zero-order chi connectivity index (χ0) is 21.1. The highest BCUT2D eigenvalue weighted by molar-refractivity contribution is 6.03. The molecule has 3 N–H and O–H groups in total. The molecule has 8 heteroatoms. The van der Waals surface area contributed by atoms with Gasteiger partial charge in [0.1, 0.15) is 17.3 Å². The van der Waals surface area contributed by atoms with Crippen molar-refractivity contribution >= 4 is 22.9 Å². The summed E-state index contributed by atoms with van der Waals surface area (Å²) in [4.78, 5) is 30.4. The van der Waals surface area contributed by atoms with Crippen molar-refractivity contribution < 1.29 is 14.3 Å². The first-order valence-electron chi connectivity index (χ1n) is 8.93. The number of hydrogen-bond donors (Lipinski definition) is 3. The van der Waals surface area contributed by atoms with Crippen molar-refractivity contribution in [3.05, 3.63) is 94.3 Å². The summed E-state index contributed by atoms with van der Waals surface area (Å²) in [5, 5.41) is 15.7. The van der Waals surface area contributed by atoms with Gasteiger partial charge in [0.25, 0.3) is 5.91 Å². The first kappa shape index (κ1) is 19.0. The van der Waals surface area contributed by atoms with Crippen LogP contribution in [-0.4, -0.2) is 27.2 Å². The highest BCUT2D eigenvalue weighted by Crippen LogP contribution is 2.25. The van der Waals surface area contributed by atoms with E-state index in [0.29, 0.717) is 11.1 Å². The second-order valence-electron chi connectivity index (χ2n) is 6.41. The van der Waals surface area contributed by atoms with Crippen LogP contribution in [0.2, 0.25) is 0 Å². The number of carbonyl (C=O) groups is 1. The molecule has 0 saturated heterocycles. The minimum atomic E-state index is -0.724. The maximum atomic E-state index is 13.1. The molecule has 0 aliphatic carbocycles. The number of aromatic hydroxyl groups is 1. The van der Waals surface area contributed by atoms with Gasteiger partial charge in [-0.05, 0) is 47.2 Å². The number of phenolic OH excluding ortho intramolecular Hbond substituents is 1. The summed E-state index contributed by atoms with van der Waals surface area (Å²) in [6.45, 7) is 0. The first-order chi connectivity index (χ1) is 14.5. The second kappa shape index (κ2) is 7.96. The Morgan fingerprint density at radius 1 is 1.10 bits per heavy atom. The molecule has 0 unspecified atom stereocenters. The third-order valence-electron chi connectivity index (χ3n) is 4.44. The third-order valence-corrected chi connectivity index (χ3v) is 4.44. The number of hydrogen-bond acceptors (Lipinski definition) is 5. The number of benzene rings is 3. The first-order valence-corrected chi connectivity index (χ1v) is 8.93. The number of rotatable bonds is 4. The number of aromatic nitrogens is 2. The van der Waals surface area contributed by atoms with Crippen LogP contribution in [0, 0.1) is 5.82 Å². The number of fused-ring (bicyclic) bond motifs is 1. The summed E-state index contributed by atoms with van der Waals surface area (Å²) in [7, 11) is 0. The van der Waals surface area contributed by atoms with Crippen molar-refractivity contribution in [2.75, 3.05) is 0 Å². The molecular formula is C22H15FN4O3. The van der Waals surface area contributed by atoms with Gasteiger partial charge in [0, 0.05) is 11.1 Å². The lowest BCUT2D eigenvalue weighted by atomic mass is 10.0. The van der Waals surface area contributed by atoms with E-state index in [2.05, 4.69) is 20.5 Å². The number of amides is 1. The predicted molar refractivity (Wildman–Crippen MR) is 111 cm³/mol. The molecule has 0 radical (unpaired) electrons. The SMILES string of the molecule is O=C(N/N=C/c1c(O)ccc2ccccc12)c1cc(-c2ccc(F)cc2)nc(=O)[nH]1. The van der Waals surface area contributed by atoms with Gasteiger partial charge in [0.05, 0.1) is 11.9 Å². The fraction of sp³-hybridized carbons (Fsp3) is 0. The van der Waals surface area contributed by atoms with Crippen LogP contribution in [-0.2, 0) is 0 Å². The second-order valence-corrected chi connectivity index (χ2v) is 6.41. The van der Waals surface area contributed by atoms with Gasteiger partial charge in [-0.15, -0.1) is 0 Å². The summed E-state index contributed by atoms with van der Waals surface area (Å²) in [6.07, 6.45) is 1.33. The highest BCUT2D eigenvalue weighted by atomic mass is 19.1. The lowest BCUT2D eigenvalue weighted by molar-refractivity contribution is 0.0949. The van der Waals surface area contributed by atoms with Crippen LogP contribution in [0.25, 0.3) is 22.0 Å². The van der Waals surface area contributed by atoms with Crippen LogP contribution in [0.5, 0.6) is 5.75 Å². The minimum absolute atomic E-state index is 0.0163. The van der Waals surface area contributed by atoms with E-state index in [1.165, 1.54) is 36.5 Å². The molecule has 4 rings (SSSR count). The average molecular weight is 402 g/mol. The zero-order valence-electron chi connectivity index (χ0n) is 15.5. The molecule has 0 aliphatic rings. The van der Waals surface area contributed by atoms with Crippen LogP contribution >= 0.6 is 0 Å². The number of nitrogens with zero attached hydrogens (tertiary/aromatic N) is 2. The van der Waals surface area contributed by atoms with Gasteiger partial charge in [0.2, 0.25) is 0 Å². The molecule has 0 fully saturated rings. The van der Waals surface area contributed by atoms with E-state index >= 15 is 0 Å². The Hall–Kier alpha value is -4.33. The van der Waals surface area contributed by atoms with E-state index in [4.69, 9.17) is 0 Å². The third kappa shape index (κ3) is 3.93. The topological polar surface area (TPSA) is 107 Å². The van der Waals surface area contributed by atoms with E-state index in [1.54, 1.807) is 12.1 Å². The van der Waals surface area contributed by atoms with Crippen molar-refractivity contribution in [3.8, 4) is 17.0 Å². The van der Waals surface area contributed by atoms with Crippen molar-refractivity contribution in [1.29, 1.82) is 0 Å². The summed E-state index contributed by atoms with van der Waals surface area (Å²) in [5.74, 6) is -1.08. The van der Waals surface area contributed by atoms with Crippen LogP contribution in [0.15, 0.2) is 76.6 Å². The monoisotopic (exact) mass is 402 g/mol. The molecule has 0 spiro atoms. The lowest BCUT2D eigenvalue weighted by Crippen LogP contribution is -2.24. The number of nitrogens with one attached hydrogen (secondary N) is 2. The van der Waals surface area contributed by atoms with E-state index in [1.807, 2.05) is 24.3 Å². The van der Waals surface area contributed by atoms with Gasteiger partial charge >= 0.3 is 5.69 Å². The van der Waals surface area contributed by atoms with Crippen LogP contribution in [0.4, 0.5) is 4.39 Å². The molecule has 0 atom stereocenters. The fourth-order valence-corrected chi connectivity index (χ4v) is 2.98. The van der Waals surface area contributed by atoms with Crippen molar-refractivity contribution in [2.24, 2.45) is 5.10 Å². The Balaban J connectivity index is 1.59. The van der Waals surface area contributed by atoms with Gasteiger partial charge in [-0.25, -0.2) is 14.6 Å². The van der Waals surface area contributed by atoms with E-state index in [-0.39, 0.29) is 17.1 Å². The van der Waals surface area contributed by atoms with Gasteiger partial charge in [-0.1, -0.05) is 30.3 Å². The predicted octanol–water partition coefficient (Wildman–Crippen LogP) is 3.20. The number of phenols is 1. The largest absolute Gasteiger partial charge is 0.507 e. The number of H-pyrrole nitrogens is 1. The van der Waals surface area contributed by atoms with Gasteiger partial charge in [-0.3, -0.25) is 4.79 Å². The van der Waals surface area contributed by atoms with Crippen LogP contribution in [0.1, 0.15) is 16.1 Å². The van der Waals surface area contributed by atoms with E-state index in [9.17, 15) is 19.1 Å². The smallest absolute Gasteiger partial charge is 0.346 e. The maximum absolute atomic E-state index is 13.1. The number of hydrazone groups is 1. The summed E-state index contributed by atoms with van der Waals surface area (Å²) in [5.41, 5.74) is 2.69. The van der Waals surface area contributed by atoms with E-state index < -0.39 is 17.4 Å². The maximum Gasteiger partial charge on any atom is 0.346 e. The van der Waals surface area contributed by atoms with Crippen molar-refractivity contribution in [3.63, 3.8) is 0 Å². The number of aromatic amines is 1. The Labute approximate surface area is 169 Å². The zero-order valence-corrected chi connectivity index (χ0v) is 15.5. The fourth-order valence-electron chi connectivity index (χ4n) is 2.98. The molecular weight excluding hydrogens is 387 g/mol. The normalized spacial score (nSPS) is 11.1. The highest BCUT2D eigenvalue weighted by Gasteiger charge is 2.11. The van der Waals surface area contributed by atoms with Crippen LogP contribution < -0.4 is 11.1 Å². The average Bonchev–Trinajstić information content (AvgIpc) is 2.75. The van der Waals surface area contributed by atoms with E-state index in [0.717, 1.165) is 10.8 Å². The molecule has 30 heavy (non-hydrogen) atoms. The van der Waals surface area contributed by atoms with Gasteiger partial charge in [0.15, 0.2) is 0 Å². The quantitative estimate of drug-likeness (QED) is 0.360. The van der Waals surface area contributed by atoms with Gasteiger partial charge in [-0.2, -0.15) is 10.1 Å².